The predicted octanol–water partition coefficient (Wildman–Crippen LogP) is 7.51. The third-order valence-electron chi connectivity index (χ3n) is 6.15. The molecule has 2 aromatic heterocycles. The van der Waals surface area contributed by atoms with Crippen LogP contribution in [0, 0.1) is 0 Å². The molecular formula is C25H18F3N3OS3. The molecule has 1 aliphatic carbocycles. The van der Waals surface area contributed by atoms with Crippen LogP contribution in [0.15, 0.2) is 63.6 Å². The highest BCUT2D eigenvalue weighted by molar-refractivity contribution is 8.00. The molecule has 1 aliphatic heterocycles. The van der Waals surface area contributed by atoms with Crippen LogP contribution in [-0.2, 0) is 23.8 Å². The monoisotopic (exact) mass is 529 g/mol. The van der Waals surface area contributed by atoms with Crippen LogP contribution in [0.25, 0.3) is 10.2 Å². The van der Waals surface area contributed by atoms with Crippen molar-refractivity contribution >= 4 is 62.4 Å². The fourth-order valence-corrected chi connectivity index (χ4v) is 7.77. The number of hydrogen-bond acceptors (Lipinski definition) is 6. The van der Waals surface area contributed by atoms with E-state index in [0.29, 0.717) is 10.6 Å². The van der Waals surface area contributed by atoms with Crippen LogP contribution in [0.2, 0.25) is 0 Å². The molecule has 0 N–H and O–H groups in total. The lowest BCUT2D eigenvalue weighted by Gasteiger charge is -2.31. The second-order valence-corrected chi connectivity index (χ2v) is 11.5. The third-order valence-corrected chi connectivity index (χ3v) is 9.46. The number of nitrogens with zero attached hydrogens (tertiary/aromatic N) is 3. The minimum atomic E-state index is -4.50. The summed E-state index contributed by atoms with van der Waals surface area (Å²) in [5.41, 5.74) is 1.36. The Morgan fingerprint density at radius 1 is 1.03 bits per heavy atom. The largest absolute Gasteiger partial charge is 0.416 e. The van der Waals surface area contributed by atoms with Gasteiger partial charge in [-0.05, 0) is 61.6 Å². The van der Waals surface area contributed by atoms with Gasteiger partial charge >= 0.3 is 6.18 Å². The lowest BCUT2D eigenvalue weighted by molar-refractivity contribution is -0.137. The number of amides is 1. The summed E-state index contributed by atoms with van der Waals surface area (Å²) in [7, 11) is 0. The lowest BCUT2D eigenvalue weighted by Crippen LogP contribution is -2.30. The Hall–Kier alpha value is -2.56. The van der Waals surface area contributed by atoms with Crippen LogP contribution in [0.1, 0.15) is 28.8 Å². The molecule has 0 saturated carbocycles. The number of halogens is 3. The van der Waals surface area contributed by atoms with E-state index < -0.39 is 11.7 Å². The van der Waals surface area contributed by atoms with Crippen molar-refractivity contribution in [3.8, 4) is 0 Å². The van der Waals surface area contributed by atoms with E-state index in [-0.39, 0.29) is 17.3 Å². The Bertz CT molecular complexity index is 1470. The highest BCUT2D eigenvalue weighted by Gasteiger charge is 2.35. The molecule has 0 radical (unpaired) electrons. The number of aromatic nitrogens is 2. The number of carbonyl (C=O) groups excluding carboxylic acids is 1. The van der Waals surface area contributed by atoms with Gasteiger partial charge < -0.3 is 0 Å². The number of benzene rings is 2. The average molecular weight is 530 g/mol. The number of aryl methyl sites for hydroxylation is 2. The number of alkyl halides is 3. The normalized spacial score (nSPS) is 15.0. The van der Waals surface area contributed by atoms with E-state index >= 15 is 0 Å². The number of anilines is 2. The first-order valence-corrected chi connectivity index (χ1v) is 13.7. The maximum absolute atomic E-state index is 13.6. The molecule has 4 aromatic rings. The fraction of sp³-hybridized carbons (Fsp3) is 0.240. The smallest absolute Gasteiger partial charge is 0.278 e. The van der Waals surface area contributed by atoms with Crippen molar-refractivity contribution in [1.29, 1.82) is 0 Å². The van der Waals surface area contributed by atoms with Gasteiger partial charge in [0, 0.05) is 20.1 Å². The van der Waals surface area contributed by atoms with Crippen molar-refractivity contribution in [2.45, 2.75) is 46.7 Å². The Kier molecular flexibility index (Phi) is 5.77. The number of thiophene rings is 1. The Morgan fingerprint density at radius 2 is 1.83 bits per heavy atom. The summed E-state index contributed by atoms with van der Waals surface area (Å²) in [5.74, 6) is -0.245. The molecule has 0 atom stereocenters. The first-order valence-electron chi connectivity index (χ1n) is 11.1. The average Bonchev–Trinajstić information content (AvgIpc) is 3.24. The molecule has 2 aromatic carbocycles. The molecule has 35 heavy (non-hydrogen) atoms. The predicted molar refractivity (Wildman–Crippen MR) is 134 cm³/mol. The van der Waals surface area contributed by atoms with Gasteiger partial charge in [0.05, 0.1) is 22.7 Å². The zero-order chi connectivity index (χ0) is 24.2. The Labute approximate surface area is 212 Å². The SMILES string of the molecule is O=C(CSc1ncnc2sc3c(c12)CCCC3)N1c2ccccc2Sc2ccc(C(F)(F)F)cc21. The number of rotatable bonds is 3. The van der Waals surface area contributed by atoms with Crippen LogP contribution in [0.5, 0.6) is 0 Å². The quantitative estimate of drug-likeness (QED) is 0.203. The third kappa shape index (κ3) is 4.11. The summed E-state index contributed by atoms with van der Waals surface area (Å²) < 4.78 is 40.4. The van der Waals surface area contributed by atoms with Gasteiger partial charge in [0.1, 0.15) is 16.2 Å². The van der Waals surface area contributed by atoms with E-state index in [1.54, 1.807) is 23.5 Å². The van der Waals surface area contributed by atoms with Crippen molar-refractivity contribution in [2.24, 2.45) is 0 Å². The van der Waals surface area contributed by atoms with E-state index in [1.165, 1.54) is 57.7 Å². The van der Waals surface area contributed by atoms with E-state index in [1.807, 2.05) is 12.1 Å². The van der Waals surface area contributed by atoms with Crippen LogP contribution in [-0.4, -0.2) is 21.6 Å². The second kappa shape index (κ2) is 8.83. The zero-order valence-corrected chi connectivity index (χ0v) is 20.7. The van der Waals surface area contributed by atoms with Gasteiger partial charge in [-0.1, -0.05) is 35.7 Å². The standard InChI is InChI=1S/C25H18F3N3OS3/c26-25(27,28)14-9-10-20-17(11-14)31(16-6-2-4-8-19(16)34-20)21(32)12-33-23-22-15-5-1-3-7-18(15)35-24(22)30-13-29-23/h2,4,6,8-11,13H,1,3,5,7,12H2. The highest BCUT2D eigenvalue weighted by atomic mass is 32.2. The van der Waals surface area contributed by atoms with E-state index in [4.69, 9.17) is 0 Å². The summed E-state index contributed by atoms with van der Waals surface area (Å²) in [4.78, 5) is 27.7. The topological polar surface area (TPSA) is 46.1 Å². The van der Waals surface area contributed by atoms with Crippen LogP contribution >= 0.6 is 34.9 Å². The second-order valence-electron chi connectivity index (χ2n) is 8.34. The molecule has 1 amide bonds. The molecule has 178 valence electrons. The number of hydrogen-bond donors (Lipinski definition) is 0. The highest BCUT2D eigenvalue weighted by Crippen LogP contribution is 2.50. The number of thioether (sulfide) groups is 1. The molecule has 0 fully saturated rings. The van der Waals surface area contributed by atoms with Crippen molar-refractivity contribution in [1.82, 2.24) is 9.97 Å². The summed E-state index contributed by atoms with van der Waals surface area (Å²) in [5, 5.41) is 1.78. The van der Waals surface area contributed by atoms with Crippen LogP contribution in [0.4, 0.5) is 24.5 Å². The minimum absolute atomic E-state index is 0.0470. The molecule has 4 nitrogen and oxygen atoms in total. The number of para-hydroxylation sites is 1. The molecule has 6 rings (SSSR count). The van der Waals surface area contributed by atoms with Gasteiger partial charge in [0.15, 0.2) is 0 Å². The van der Waals surface area contributed by atoms with Crippen LogP contribution in [0.3, 0.4) is 0 Å². The first kappa shape index (κ1) is 22.9. The minimum Gasteiger partial charge on any atom is -0.278 e. The summed E-state index contributed by atoms with van der Waals surface area (Å²) in [6.07, 6.45) is 1.34. The maximum atomic E-state index is 13.6. The van der Waals surface area contributed by atoms with E-state index in [2.05, 4.69) is 9.97 Å². The van der Waals surface area contributed by atoms with Gasteiger partial charge in [-0.2, -0.15) is 13.2 Å². The first-order chi connectivity index (χ1) is 16.9. The molecule has 0 bridgehead atoms. The van der Waals surface area contributed by atoms with E-state index in [0.717, 1.165) is 51.5 Å². The molecule has 0 spiro atoms. The van der Waals surface area contributed by atoms with Crippen molar-refractivity contribution < 1.29 is 18.0 Å². The molecule has 0 unspecified atom stereocenters. The van der Waals surface area contributed by atoms with Gasteiger partial charge in [0.2, 0.25) is 5.91 Å². The molecule has 0 saturated heterocycles. The number of carbonyl (C=O) groups is 1. The molecule has 10 heteroatoms. The van der Waals surface area contributed by atoms with Gasteiger partial charge in [-0.15, -0.1) is 11.3 Å². The van der Waals surface area contributed by atoms with Gasteiger partial charge in [-0.25, -0.2) is 9.97 Å². The Morgan fingerprint density at radius 3 is 2.69 bits per heavy atom. The molecule has 2 aliphatic rings. The summed E-state index contributed by atoms with van der Waals surface area (Å²) >= 11 is 4.38. The molecule has 3 heterocycles. The fourth-order valence-electron chi connectivity index (χ4n) is 4.57. The van der Waals surface area contributed by atoms with Crippen molar-refractivity contribution in [3.05, 3.63) is 64.8 Å². The van der Waals surface area contributed by atoms with E-state index in [9.17, 15) is 18.0 Å². The molecular weight excluding hydrogens is 511 g/mol. The van der Waals surface area contributed by atoms with Crippen LogP contribution < -0.4 is 4.90 Å². The summed E-state index contributed by atoms with van der Waals surface area (Å²) in [6.45, 7) is 0. The lowest BCUT2D eigenvalue weighted by atomic mass is 9.97. The zero-order valence-electron chi connectivity index (χ0n) is 18.3. The number of fused-ring (bicyclic) bond motifs is 5. The van der Waals surface area contributed by atoms with Crippen molar-refractivity contribution in [2.75, 3.05) is 10.7 Å². The maximum Gasteiger partial charge on any atom is 0.416 e. The van der Waals surface area contributed by atoms with Gasteiger partial charge in [-0.3, -0.25) is 9.69 Å². The van der Waals surface area contributed by atoms with Gasteiger partial charge in [0.25, 0.3) is 0 Å². The Balaban J connectivity index is 1.36. The summed E-state index contributed by atoms with van der Waals surface area (Å²) in [6, 6.07) is 10.9. The van der Waals surface area contributed by atoms with Crippen molar-refractivity contribution in [3.63, 3.8) is 0 Å².